The highest BCUT2D eigenvalue weighted by Crippen LogP contribution is 2.44. The summed E-state index contributed by atoms with van der Waals surface area (Å²) < 4.78 is 5.35. The standard InChI is InChI=1S/C12H20N4O2S/c1-15-4-3-5-16(7-6-15)12-9(18-2)8(13)10(19-12)11(14)17/h3-7,13H2,1-2H3,(H2,14,17). The molecule has 1 amide bonds. The van der Waals surface area contributed by atoms with E-state index in [1.165, 1.54) is 11.3 Å². The van der Waals surface area contributed by atoms with E-state index in [0.717, 1.165) is 37.6 Å². The highest BCUT2D eigenvalue weighted by molar-refractivity contribution is 7.19. The number of hydrogen-bond donors (Lipinski definition) is 2. The van der Waals surface area contributed by atoms with Crippen LogP contribution >= 0.6 is 11.3 Å². The molecule has 4 N–H and O–H groups in total. The third kappa shape index (κ3) is 2.76. The number of amides is 1. The van der Waals surface area contributed by atoms with Crippen molar-refractivity contribution in [3.63, 3.8) is 0 Å². The number of primary amides is 1. The Balaban J connectivity index is 2.32. The average Bonchev–Trinajstić information content (AvgIpc) is 2.54. The Morgan fingerprint density at radius 1 is 1.32 bits per heavy atom. The van der Waals surface area contributed by atoms with Crippen molar-refractivity contribution in [2.45, 2.75) is 6.42 Å². The quantitative estimate of drug-likeness (QED) is 0.848. The molecule has 2 heterocycles. The number of nitrogen functional groups attached to an aromatic ring is 1. The molecule has 0 bridgehead atoms. The molecular formula is C12H20N4O2S. The van der Waals surface area contributed by atoms with Crippen LogP contribution in [0.25, 0.3) is 0 Å². The van der Waals surface area contributed by atoms with Crippen LogP contribution in [0.1, 0.15) is 16.1 Å². The monoisotopic (exact) mass is 284 g/mol. The van der Waals surface area contributed by atoms with Crippen molar-refractivity contribution in [2.24, 2.45) is 5.73 Å². The van der Waals surface area contributed by atoms with Gasteiger partial charge < -0.3 is 26.0 Å². The van der Waals surface area contributed by atoms with Gasteiger partial charge >= 0.3 is 0 Å². The van der Waals surface area contributed by atoms with Gasteiger partial charge in [0, 0.05) is 19.6 Å². The number of ether oxygens (including phenoxy) is 1. The number of carbonyl (C=O) groups is 1. The first-order valence-corrected chi connectivity index (χ1v) is 7.05. The fourth-order valence-electron chi connectivity index (χ4n) is 2.25. The third-order valence-corrected chi connectivity index (χ3v) is 4.58. The van der Waals surface area contributed by atoms with Gasteiger partial charge in [-0.05, 0) is 20.0 Å². The van der Waals surface area contributed by atoms with Crippen LogP contribution in [-0.2, 0) is 0 Å². The zero-order chi connectivity index (χ0) is 14.0. The molecule has 1 fully saturated rings. The van der Waals surface area contributed by atoms with E-state index >= 15 is 0 Å². The molecule has 0 spiro atoms. The van der Waals surface area contributed by atoms with Crippen LogP contribution in [0.4, 0.5) is 10.7 Å². The molecule has 1 aliphatic heterocycles. The van der Waals surface area contributed by atoms with Gasteiger partial charge in [-0.15, -0.1) is 11.3 Å². The van der Waals surface area contributed by atoms with E-state index in [-0.39, 0.29) is 0 Å². The third-order valence-electron chi connectivity index (χ3n) is 3.32. The number of nitrogens with zero attached hydrogens (tertiary/aromatic N) is 2. The van der Waals surface area contributed by atoms with E-state index in [4.69, 9.17) is 16.2 Å². The summed E-state index contributed by atoms with van der Waals surface area (Å²) in [5.74, 6) is 0.0716. The number of carbonyl (C=O) groups excluding carboxylic acids is 1. The Hall–Kier alpha value is -1.47. The SMILES string of the molecule is COc1c(N2CCCN(C)CC2)sc(C(N)=O)c1N. The summed E-state index contributed by atoms with van der Waals surface area (Å²) in [6.45, 7) is 3.87. The lowest BCUT2D eigenvalue weighted by Crippen LogP contribution is -2.28. The molecule has 106 valence electrons. The topological polar surface area (TPSA) is 84.8 Å². The molecule has 0 saturated carbocycles. The summed E-state index contributed by atoms with van der Waals surface area (Å²) in [4.78, 5) is 16.3. The Morgan fingerprint density at radius 3 is 2.68 bits per heavy atom. The van der Waals surface area contributed by atoms with Gasteiger partial charge in [0.25, 0.3) is 5.91 Å². The summed E-state index contributed by atoms with van der Waals surface area (Å²) in [6, 6.07) is 0. The van der Waals surface area contributed by atoms with Crippen molar-refractivity contribution in [2.75, 3.05) is 51.0 Å². The molecule has 7 heteroatoms. The minimum absolute atomic E-state index is 0.354. The summed E-state index contributed by atoms with van der Waals surface area (Å²) in [5, 5.41) is 0.907. The van der Waals surface area contributed by atoms with Crippen LogP contribution in [0, 0.1) is 0 Å². The van der Waals surface area contributed by atoms with Crippen LogP contribution < -0.4 is 21.1 Å². The van der Waals surface area contributed by atoms with Crippen molar-refractivity contribution in [1.82, 2.24) is 4.90 Å². The van der Waals surface area contributed by atoms with Crippen LogP contribution in [0.3, 0.4) is 0 Å². The molecule has 1 saturated heterocycles. The van der Waals surface area contributed by atoms with Crippen LogP contribution in [-0.4, -0.2) is 51.1 Å². The van der Waals surface area contributed by atoms with Crippen molar-refractivity contribution in [1.29, 1.82) is 0 Å². The van der Waals surface area contributed by atoms with E-state index in [2.05, 4.69) is 16.8 Å². The number of thiophene rings is 1. The number of hydrogen-bond acceptors (Lipinski definition) is 6. The molecule has 0 aromatic carbocycles. The fraction of sp³-hybridized carbons (Fsp3) is 0.583. The second-order valence-corrected chi connectivity index (χ2v) is 5.69. The Kier molecular flexibility index (Phi) is 4.16. The van der Waals surface area contributed by atoms with Gasteiger partial charge in [0.1, 0.15) is 15.6 Å². The maximum absolute atomic E-state index is 11.4. The molecule has 0 radical (unpaired) electrons. The average molecular weight is 284 g/mol. The predicted octanol–water partition coefficient (Wildman–Crippen LogP) is 0.580. The number of methoxy groups -OCH3 is 1. The van der Waals surface area contributed by atoms with Gasteiger partial charge in [-0.2, -0.15) is 0 Å². The highest BCUT2D eigenvalue weighted by Gasteiger charge is 2.25. The molecule has 1 aromatic heterocycles. The number of nitrogens with two attached hydrogens (primary N) is 2. The Morgan fingerprint density at radius 2 is 2.05 bits per heavy atom. The molecular weight excluding hydrogens is 264 g/mol. The van der Waals surface area contributed by atoms with Crippen molar-refractivity contribution in [3.8, 4) is 5.75 Å². The van der Waals surface area contributed by atoms with E-state index in [9.17, 15) is 4.79 Å². The summed E-state index contributed by atoms with van der Waals surface area (Å²) in [7, 11) is 3.68. The summed E-state index contributed by atoms with van der Waals surface area (Å²) in [5.41, 5.74) is 11.6. The minimum Gasteiger partial charge on any atom is -0.492 e. The Labute approximate surface area is 116 Å². The highest BCUT2D eigenvalue weighted by atomic mass is 32.1. The molecule has 1 aromatic rings. The molecule has 0 unspecified atom stereocenters. The van der Waals surface area contributed by atoms with Crippen molar-refractivity contribution in [3.05, 3.63) is 4.88 Å². The van der Waals surface area contributed by atoms with E-state index in [1.54, 1.807) is 7.11 Å². The lowest BCUT2D eigenvalue weighted by Gasteiger charge is -2.21. The lowest BCUT2D eigenvalue weighted by molar-refractivity contribution is 0.100. The largest absolute Gasteiger partial charge is 0.492 e. The molecule has 0 atom stereocenters. The molecule has 19 heavy (non-hydrogen) atoms. The van der Waals surface area contributed by atoms with Crippen LogP contribution in [0.15, 0.2) is 0 Å². The first kappa shape index (κ1) is 14.0. The number of likely N-dealkylation sites (N-methyl/N-ethyl adjacent to an activating group) is 1. The minimum atomic E-state index is -0.501. The Bertz CT molecular complexity index is 475. The van der Waals surface area contributed by atoms with Gasteiger partial charge in [-0.25, -0.2) is 0 Å². The van der Waals surface area contributed by atoms with Crippen molar-refractivity contribution < 1.29 is 9.53 Å². The summed E-state index contributed by atoms with van der Waals surface area (Å²) >= 11 is 1.32. The lowest BCUT2D eigenvalue weighted by atomic mass is 10.3. The first-order valence-electron chi connectivity index (χ1n) is 6.24. The molecule has 6 nitrogen and oxygen atoms in total. The first-order chi connectivity index (χ1) is 9.04. The maximum atomic E-state index is 11.4. The maximum Gasteiger partial charge on any atom is 0.261 e. The van der Waals surface area contributed by atoms with Crippen molar-refractivity contribution >= 4 is 27.9 Å². The zero-order valence-electron chi connectivity index (χ0n) is 11.3. The van der Waals surface area contributed by atoms with Gasteiger partial charge in [-0.1, -0.05) is 0 Å². The summed E-state index contributed by atoms with van der Waals surface area (Å²) in [6.07, 6.45) is 1.07. The predicted molar refractivity (Wildman–Crippen MR) is 78.1 cm³/mol. The van der Waals surface area contributed by atoms with Gasteiger partial charge in [0.2, 0.25) is 0 Å². The normalized spacial score (nSPS) is 17.3. The van der Waals surface area contributed by atoms with Crippen LogP contribution in [0.5, 0.6) is 5.75 Å². The van der Waals surface area contributed by atoms with Crippen LogP contribution in [0.2, 0.25) is 0 Å². The molecule has 0 aliphatic carbocycles. The van der Waals surface area contributed by atoms with Gasteiger partial charge in [0.15, 0.2) is 5.75 Å². The second-order valence-electron chi connectivity index (χ2n) is 4.69. The zero-order valence-corrected chi connectivity index (χ0v) is 12.1. The van der Waals surface area contributed by atoms with Gasteiger partial charge in [-0.3, -0.25) is 4.79 Å². The number of anilines is 2. The molecule has 1 aliphatic rings. The molecule has 2 rings (SSSR count). The van der Waals surface area contributed by atoms with E-state index in [0.29, 0.717) is 16.3 Å². The van der Waals surface area contributed by atoms with E-state index in [1.807, 2.05) is 0 Å². The van der Waals surface area contributed by atoms with Gasteiger partial charge in [0.05, 0.1) is 7.11 Å². The fourth-order valence-corrected chi connectivity index (χ4v) is 3.35. The second kappa shape index (κ2) is 5.66. The number of rotatable bonds is 3. The smallest absolute Gasteiger partial charge is 0.261 e. The van der Waals surface area contributed by atoms with E-state index < -0.39 is 5.91 Å².